The molecule has 2 nitrogen and oxygen atoms in total. The maximum atomic E-state index is 10.3. The summed E-state index contributed by atoms with van der Waals surface area (Å²) in [4.78, 5) is 10.3. The van der Waals surface area contributed by atoms with Crippen LogP contribution in [0.4, 0.5) is 0 Å². The average Bonchev–Trinajstić information content (AvgIpc) is 1.61. The fourth-order valence-electron chi connectivity index (χ4n) is 1.11. The van der Waals surface area contributed by atoms with Crippen LogP contribution in [0.15, 0.2) is 12.7 Å². The molecule has 1 rings (SSSR count). The van der Waals surface area contributed by atoms with Crippen LogP contribution in [0.25, 0.3) is 0 Å². The van der Waals surface area contributed by atoms with Crippen LogP contribution < -0.4 is 0 Å². The third-order valence-electron chi connectivity index (χ3n) is 1.95. The van der Waals surface area contributed by atoms with Gasteiger partial charge < -0.3 is 5.11 Å². The second-order valence-corrected chi connectivity index (χ2v) is 2.42. The Morgan fingerprint density at radius 2 is 2.33 bits per heavy atom. The molecule has 0 aliphatic heterocycles. The molecule has 0 heterocycles. The lowest BCUT2D eigenvalue weighted by molar-refractivity contribution is -0.146. The van der Waals surface area contributed by atoms with Gasteiger partial charge in [-0.15, -0.1) is 6.58 Å². The molecule has 50 valence electrons. The van der Waals surface area contributed by atoms with Gasteiger partial charge in [-0.3, -0.25) is 4.79 Å². The monoisotopic (exact) mass is 126 g/mol. The number of allylic oxidation sites excluding steroid dienone is 1. The van der Waals surface area contributed by atoms with E-state index in [-0.39, 0.29) is 11.8 Å². The summed E-state index contributed by atoms with van der Waals surface area (Å²) in [5, 5.41) is 8.49. The number of carbonyl (C=O) groups is 1. The third kappa shape index (κ3) is 0.969. The van der Waals surface area contributed by atoms with E-state index in [0.29, 0.717) is 0 Å². The number of aliphatic carboxylic acids is 1. The highest BCUT2D eigenvalue weighted by atomic mass is 16.4. The predicted molar refractivity (Wildman–Crippen MR) is 34.0 cm³/mol. The minimum Gasteiger partial charge on any atom is -0.481 e. The minimum absolute atomic E-state index is 0.137. The van der Waals surface area contributed by atoms with Crippen LogP contribution in [-0.4, -0.2) is 11.1 Å². The normalized spacial score (nSPS) is 32.9. The zero-order valence-corrected chi connectivity index (χ0v) is 5.21. The van der Waals surface area contributed by atoms with Crippen molar-refractivity contribution in [3.63, 3.8) is 0 Å². The van der Waals surface area contributed by atoms with Gasteiger partial charge in [0.1, 0.15) is 0 Å². The van der Waals surface area contributed by atoms with Gasteiger partial charge in [0.05, 0.1) is 5.92 Å². The lowest BCUT2D eigenvalue weighted by Gasteiger charge is -2.30. The van der Waals surface area contributed by atoms with Crippen molar-refractivity contribution >= 4 is 5.97 Å². The van der Waals surface area contributed by atoms with Crippen LogP contribution in [0.5, 0.6) is 0 Å². The second-order valence-electron chi connectivity index (χ2n) is 2.42. The third-order valence-corrected chi connectivity index (χ3v) is 1.95. The fraction of sp³-hybridized carbons (Fsp3) is 0.571. The Kier molecular flexibility index (Phi) is 1.56. The first-order chi connectivity index (χ1) is 4.25. The number of hydrogen-bond acceptors (Lipinski definition) is 1. The van der Waals surface area contributed by atoms with Crippen molar-refractivity contribution < 1.29 is 9.90 Å². The molecule has 0 aromatic carbocycles. The summed E-state index contributed by atoms with van der Waals surface area (Å²) >= 11 is 0. The van der Waals surface area contributed by atoms with Gasteiger partial charge in [-0.2, -0.15) is 0 Å². The van der Waals surface area contributed by atoms with E-state index in [0.717, 1.165) is 12.8 Å². The van der Waals surface area contributed by atoms with Gasteiger partial charge >= 0.3 is 5.97 Å². The molecule has 1 N–H and O–H groups in total. The van der Waals surface area contributed by atoms with E-state index >= 15 is 0 Å². The van der Waals surface area contributed by atoms with E-state index in [9.17, 15) is 4.79 Å². The number of carboxylic acids is 1. The lowest BCUT2D eigenvalue weighted by atomic mass is 9.74. The lowest BCUT2D eigenvalue weighted by Crippen LogP contribution is -2.31. The molecular formula is C7H10O2. The van der Waals surface area contributed by atoms with Gasteiger partial charge in [0.15, 0.2) is 0 Å². The largest absolute Gasteiger partial charge is 0.481 e. The molecule has 0 aromatic heterocycles. The number of carboxylic acid groups (broad SMARTS) is 1. The van der Waals surface area contributed by atoms with Crippen molar-refractivity contribution in [3.8, 4) is 0 Å². The van der Waals surface area contributed by atoms with Gasteiger partial charge in [-0.25, -0.2) is 0 Å². The van der Waals surface area contributed by atoms with E-state index in [4.69, 9.17) is 5.11 Å². The highest BCUT2D eigenvalue weighted by Gasteiger charge is 2.33. The molecule has 0 bridgehead atoms. The Balaban J connectivity index is 2.44. The molecule has 1 fully saturated rings. The summed E-state index contributed by atoms with van der Waals surface area (Å²) in [6.07, 6.45) is 3.56. The average molecular weight is 126 g/mol. The quantitative estimate of drug-likeness (QED) is 0.566. The van der Waals surface area contributed by atoms with Crippen LogP contribution in [-0.2, 0) is 4.79 Å². The maximum Gasteiger partial charge on any atom is 0.307 e. The molecule has 2 heteroatoms. The van der Waals surface area contributed by atoms with E-state index in [2.05, 4.69) is 6.58 Å². The summed E-state index contributed by atoms with van der Waals surface area (Å²) in [6.45, 7) is 3.55. The molecule has 0 radical (unpaired) electrons. The van der Waals surface area contributed by atoms with Gasteiger partial charge in [-0.1, -0.05) is 6.08 Å². The molecule has 1 aliphatic carbocycles. The topological polar surface area (TPSA) is 37.3 Å². The molecule has 0 unspecified atom stereocenters. The highest BCUT2D eigenvalue weighted by Crippen LogP contribution is 2.34. The first kappa shape index (κ1) is 6.33. The summed E-state index contributed by atoms with van der Waals surface area (Å²) in [5.74, 6) is -0.573. The Morgan fingerprint density at radius 1 is 1.67 bits per heavy atom. The maximum absolute atomic E-state index is 10.3. The van der Waals surface area contributed by atoms with Crippen molar-refractivity contribution in [1.29, 1.82) is 0 Å². The molecular weight excluding hydrogens is 116 g/mol. The van der Waals surface area contributed by atoms with E-state index < -0.39 is 5.97 Å². The van der Waals surface area contributed by atoms with Gasteiger partial charge in [0.25, 0.3) is 0 Å². The molecule has 2 atom stereocenters. The van der Waals surface area contributed by atoms with E-state index in [1.165, 1.54) is 0 Å². The predicted octanol–water partition coefficient (Wildman–Crippen LogP) is 1.28. The standard InChI is InChI=1S/C7H10O2/c1-2-5-3-4-6(5)7(8)9/h2,5-6H,1,3-4H2,(H,8,9)/t5-,6-/m1/s1. The Labute approximate surface area is 54.2 Å². The SMILES string of the molecule is C=C[C@@H]1CC[C@H]1C(=O)O. The van der Waals surface area contributed by atoms with Crippen LogP contribution >= 0.6 is 0 Å². The summed E-state index contributed by atoms with van der Waals surface area (Å²) < 4.78 is 0. The molecule has 0 spiro atoms. The summed E-state index contributed by atoms with van der Waals surface area (Å²) in [5.41, 5.74) is 0. The van der Waals surface area contributed by atoms with Crippen LogP contribution in [0, 0.1) is 11.8 Å². The molecule has 0 saturated heterocycles. The van der Waals surface area contributed by atoms with Crippen LogP contribution in [0.2, 0.25) is 0 Å². The Morgan fingerprint density at radius 3 is 2.44 bits per heavy atom. The smallest absolute Gasteiger partial charge is 0.307 e. The van der Waals surface area contributed by atoms with Crippen molar-refractivity contribution in [2.75, 3.05) is 0 Å². The van der Waals surface area contributed by atoms with Crippen molar-refractivity contribution in [2.45, 2.75) is 12.8 Å². The fourth-order valence-corrected chi connectivity index (χ4v) is 1.11. The van der Waals surface area contributed by atoms with E-state index in [1.807, 2.05) is 0 Å². The van der Waals surface area contributed by atoms with Crippen molar-refractivity contribution in [3.05, 3.63) is 12.7 Å². The zero-order chi connectivity index (χ0) is 6.85. The van der Waals surface area contributed by atoms with Gasteiger partial charge in [0.2, 0.25) is 0 Å². The highest BCUT2D eigenvalue weighted by molar-refractivity contribution is 5.71. The summed E-state index contributed by atoms with van der Waals surface area (Å²) in [6, 6.07) is 0. The Bertz CT molecular complexity index is 140. The van der Waals surface area contributed by atoms with Gasteiger partial charge in [0, 0.05) is 0 Å². The first-order valence-electron chi connectivity index (χ1n) is 3.11. The number of rotatable bonds is 2. The summed E-state index contributed by atoms with van der Waals surface area (Å²) in [7, 11) is 0. The van der Waals surface area contributed by atoms with Gasteiger partial charge in [-0.05, 0) is 18.8 Å². The van der Waals surface area contributed by atoms with Crippen LogP contribution in [0.3, 0.4) is 0 Å². The molecule has 0 aromatic rings. The van der Waals surface area contributed by atoms with Crippen molar-refractivity contribution in [2.24, 2.45) is 11.8 Å². The second kappa shape index (κ2) is 2.21. The van der Waals surface area contributed by atoms with E-state index in [1.54, 1.807) is 6.08 Å². The first-order valence-corrected chi connectivity index (χ1v) is 3.11. The molecule has 1 saturated carbocycles. The number of hydrogen-bond donors (Lipinski definition) is 1. The minimum atomic E-state index is -0.675. The van der Waals surface area contributed by atoms with Crippen molar-refractivity contribution in [1.82, 2.24) is 0 Å². The molecule has 0 amide bonds. The zero-order valence-electron chi connectivity index (χ0n) is 5.21. The molecule has 1 aliphatic rings. The Hall–Kier alpha value is -0.790. The van der Waals surface area contributed by atoms with Crippen LogP contribution in [0.1, 0.15) is 12.8 Å². The molecule has 9 heavy (non-hydrogen) atoms.